The number of aliphatic hydroxyl groups is 1. The second-order valence-electron chi connectivity index (χ2n) is 10.2. The Morgan fingerprint density at radius 1 is 1.15 bits per heavy atom. The number of anilines is 1. The van der Waals surface area contributed by atoms with Crippen molar-refractivity contribution in [2.24, 2.45) is 0 Å². The molecule has 1 aliphatic heterocycles. The lowest BCUT2D eigenvalue weighted by atomic mass is 9.91. The molecule has 2 unspecified atom stereocenters. The van der Waals surface area contributed by atoms with Crippen LogP contribution in [0.15, 0.2) is 67.0 Å². The zero-order chi connectivity index (χ0) is 28.5. The van der Waals surface area contributed by atoms with E-state index in [1.54, 1.807) is 41.6 Å². The number of benzene rings is 2. The summed E-state index contributed by atoms with van der Waals surface area (Å²) in [6.07, 6.45) is 4.48. The first-order valence-electron chi connectivity index (χ1n) is 13.4. The first-order valence-corrected chi connectivity index (χ1v) is 13.7. The third-order valence-corrected chi connectivity index (χ3v) is 7.84. The van der Waals surface area contributed by atoms with Crippen LogP contribution in [-0.2, 0) is 0 Å². The van der Waals surface area contributed by atoms with Gasteiger partial charge in [0.2, 0.25) is 0 Å². The molecule has 1 saturated heterocycles. The second-order valence-corrected chi connectivity index (χ2v) is 10.6. The maximum atomic E-state index is 13.0. The minimum absolute atomic E-state index is 0.178. The van der Waals surface area contributed by atoms with Gasteiger partial charge in [-0.3, -0.25) is 9.88 Å². The highest BCUT2D eigenvalue weighted by Crippen LogP contribution is 2.44. The molecule has 41 heavy (non-hydrogen) atoms. The van der Waals surface area contributed by atoms with Gasteiger partial charge in [-0.1, -0.05) is 23.7 Å². The molecule has 0 spiro atoms. The summed E-state index contributed by atoms with van der Waals surface area (Å²) in [5.41, 5.74) is 6.14. The summed E-state index contributed by atoms with van der Waals surface area (Å²) in [7, 11) is 0. The lowest BCUT2D eigenvalue weighted by Crippen LogP contribution is -2.51. The number of aliphatic hydroxyl groups excluding tert-OH is 1. The van der Waals surface area contributed by atoms with Gasteiger partial charge in [-0.15, -0.1) is 0 Å². The summed E-state index contributed by atoms with van der Waals surface area (Å²) in [6.45, 7) is 4.16. The Balaban J connectivity index is 1.29. The molecule has 3 heterocycles. The van der Waals surface area contributed by atoms with Gasteiger partial charge < -0.3 is 20.3 Å². The number of H-pyrrole nitrogens is 1. The number of carbonyl (C=O) groups is 1. The number of hydrogen-bond acceptors (Lipinski definition) is 6. The van der Waals surface area contributed by atoms with E-state index in [4.69, 9.17) is 21.8 Å². The molecule has 2 atom stereocenters. The number of aromatic nitrogens is 3. The van der Waals surface area contributed by atoms with Crippen molar-refractivity contribution >= 4 is 35.0 Å². The highest BCUT2D eigenvalue weighted by atomic mass is 35.5. The van der Waals surface area contributed by atoms with Crippen LogP contribution in [0.25, 0.3) is 11.6 Å². The predicted octanol–water partition coefficient (Wildman–Crippen LogP) is 5.16. The van der Waals surface area contributed by atoms with Crippen LogP contribution in [0, 0.1) is 18.3 Å². The number of aryl methyl sites for hydroxylation is 1. The number of pyridine rings is 1. The number of aromatic amines is 1. The quantitative estimate of drug-likeness (QED) is 0.314. The van der Waals surface area contributed by atoms with Gasteiger partial charge in [-0.05, 0) is 77.7 Å². The first-order chi connectivity index (χ1) is 19.9. The van der Waals surface area contributed by atoms with E-state index >= 15 is 0 Å². The van der Waals surface area contributed by atoms with Gasteiger partial charge in [0, 0.05) is 43.1 Å². The molecule has 6 rings (SSSR count). The molecule has 1 aliphatic carbocycles. The summed E-state index contributed by atoms with van der Waals surface area (Å²) in [5.74, 6) is 0.723. The molecule has 0 bridgehead atoms. The predicted molar refractivity (Wildman–Crippen MR) is 157 cm³/mol. The molecule has 10 heteroatoms. The van der Waals surface area contributed by atoms with Crippen molar-refractivity contribution < 1.29 is 9.90 Å². The molecule has 2 aliphatic rings. The number of piperazine rings is 1. The van der Waals surface area contributed by atoms with Gasteiger partial charge >= 0.3 is 6.03 Å². The number of rotatable bonds is 4. The topological polar surface area (TPSA) is 121 Å². The van der Waals surface area contributed by atoms with Crippen LogP contribution in [0.1, 0.15) is 51.6 Å². The minimum Gasteiger partial charge on any atom is -0.382 e. The van der Waals surface area contributed by atoms with Crippen LogP contribution < -0.4 is 5.32 Å². The summed E-state index contributed by atoms with van der Waals surface area (Å²) in [5, 5.41) is 24.0. The molecule has 2 amide bonds. The monoisotopic (exact) mass is 565 g/mol. The van der Waals surface area contributed by atoms with E-state index < -0.39 is 6.10 Å². The third kappa shape index (κ3) is 5.33. The molecule has 3 N–H and O–H groups in total. The molecule has 4 aromatic rings. The Morgan fingerprint density at radius 3 is 2.63 bits per heavy atom. The molecule has 206 valence electrons. The average molecular weight is 566 g/mol. The van der Waals surface area contributed by atoms with E-state index in [0.29, 0.717) is 53.7 Å². The minimum atomic E-state index is -0.942. The zero-order valence-corrected chi connectivity index (χ0v) is 23.1. The second kappa shape index (κ2) is 11.2. The number of urea groups is 1. The number of fused-ring (bicyclic) bond motifs is 2. The maximum Gasteiger partial charge on any atom is 0.321 e. The van der Waals surface area contributed by atoms with Crippen molar-refractivity contribution in [3.8, 4) is 6.07 Å². The summed E-state index contributed by atoms with van der Waals surface area (Å²) < 4.78 is 0. The molecule has 2 aromatic carbocycles. The summed E-state index contributed by atoms with van der Waals surface area (Å²) >= 11 is 6.51. The van der Waals surface area contributed by atoms with Crippen LogP contribution in [0.3, 0.4) is 0 Å². The zero-order valence-electron chi connectivity index (χ0n) is 22.4. The van der Waals surface area contributed by atoms with Gasteiger partial charge in [-0.2, -0.15) is 5.26 Å². The van der Waals surface area contributed by atoms with Crippen molar-refractivity contribution in [3.63, 3.8) is 0 Å². The number of nitrogens with one attached hydrogen (secondary N) is 2. The highest BCUT2D eigenvalue weighted by Gasteiger charge is 2.35. The van der Waals surface area contributed by atoms with Crippen molar-refractivity contribution in [2.75, 3.05) is 31.5 Å². The van der Waals surface area contributed by atoms with Crippen LogP contribution in [0.4, 0.5) is 10.5 Å². The molecule has 0 saturated carbocycles. The molecule has 2 aromatic heterocycles. The van der Waals surface area contributed by atoms with E-state index in [9.17, 15) is 9.90 Å². The number of hydrogen-bond donors (Lipinski definition) is 3. The van der Waals surface area contributed by atoms with Crippen molar-refractivity contribution in [1.29, 1.82) is 5.26 Å². The van der Waals surface area contributed by atoms with Crippen molar-refractivity contribution in [2.45, 2.75) is 19.1 Å². The standard InChI is InChI=1S/C31H28ClN7O2/c1-19-35-18-27(36-19)30(40)26-15-21-3-2-10-34-28(21)29(24-9-6-22(32)16-25(24)26)38-11-13-39(14-12-38)31(41)37-23-7-4-20(17-33)5-8-23/h2-10,15-16,18,29-30,40H,11-14H2,1H3,(H,35,36)(H,37,41). The summed E-state index contributed by atoms with van der Waals surface area (Å²) in [6, 6.07) is 18.2. The van der Waals surface area contributed by atoms with E-state index in [-0.39, 0.29) is 12.1 Å². The number of halogens is 1. The molecular formula is C31H28ClN7O2. The molecule has 1 fully saturated rings. The van der Waals surface area contributed by atoms with Crippen molar-refractivity contribution in [1.82, 2.24) is 24.8 Å². The summed E-state index contributed by atoms with van der Waals surface area (Å²) in [4.78, 5) is 29.4. The fraction of sp³-hybridized carbons (Fsp3) is 0.226. The van der Waals surface area contributed by atoms with Gasteiger partial charge in [0.1, 0.15) is 11.9 Å². The SMILES string of the molecule is Cc1ncc(C(O)C2=Cc3cccnc3C(N3CCN(C(=O)Nc4ccc(C#N)cc4)CC3)c3ccc(Cl)cc32)[nH]1. The van der Waals surface area contributed by atoms with Gasteiger partial charge in [-0.25, -0.2) is 9.78 Å². The normalized spacial score (nSPS) is 17.5. The first kappa shape index (κ1) is 26.7. The lowest BCUT2D eigenvalue weighted by Gasteiger charge is -2.39. The van der Waals surface area contributed by atoms with E-state index in [0.717, 1.165) is 28.2 Å². The maximum absolute atomic E-state index is 13.0. The van der Waals surface area contributed by atoms with Crippen LogP contribution in [-0.4, -0.2) is 62.1 Å². The van der Waals surface area contributed by atoms with Gasteiger partial charge in [0.15, 0.2) is 0 Å². The van der Waals surface area contributed by atoms with Crippen LogP contribution in [0.2, 0.25) is 5.02 Å². The fourth-order valence-corrected chi connectivity index (χ4v) is 5.72. The van der Waals surface area contributed by atoms with Crippen LogP contribution in [0.5, 0.6) is 0 Å². The van der Waals surface area contributed by atoms with Gasteiger partial charge in [0.05, 0.1) is 35.3 Å². The van der Waals surface area contributed by atoms with E-state index in [2.05, 4.69) is 26.3 Å². The number of nitriles is 1. The smallest absolute Gasteiger partial charge is 0.321 e. The van der Waals surface area contributed by atoms with Crippen LogP contribution >= 0.6 is 11.6 Å². The third-order valence-electron chi connectivity index (χ3n) is 7.61. The van der Waals surface area contributed by atoms with Crippen molar-refractivity contribution in [3.05, 3.63) is 111 Å². The largest absolute Gasteiger partial charge is 0.382 e. The van der Waals surface area contributed by atoms with E-state index in [1.165, 1.54) is 0 Å². The lowest BCUT2D eigenvalue weighted by molar-refractivity contribution is 0.125. The number of amides is 2. The Kier molecular flexibility index (Phi) is 7.28. The Morgan fingerprint density at radius 2 is 1.93 bits per heavy atom. The molecule has 0 radical (unpaired) electrons. The number of nitrogens with zero attached hydrogens (tertiary/aromatic N) is 5. The fourth-order valence-electron chi connectivity index (χ4n) is 5.55. The Labute approximate surface area is 242 Å². The molecular weight excluding hydrogens is 538 g/mol. The van der Waals surface area contributed by atoms with Gasteiger partial charge in [0.25, 0.3) is 0 Å². The molecule has 9 nitrogen and oxygen atoms in total. The Hall–Kier alpha value is -4.49. The van der Waals surface area contributed by atoms with E-state index in [1.807, 2.05) is 43.3 Å². The highest BCUT2D eigenvalue weighted by molar-refractivity contribution is 6.30. The number of imidazole rings is 1. The Bertz CT molecular complexity index is 1670. The number of carbonyl (C=O) groups excluding carboxylic acids is 1. The average Bonchev–Trinajstić information content (AvgIpc) is 3.38.